The molecule has 1 atom stereocenters. The first-order valence-electron chi connectivity index (χ1n) is 5.28. The van der Waals surface area contributed by atoms with Gasteiger partial charge in [-0.1, -0.05) is 0 Å². The fourth-order valence-electron chi connectivity index (χ4n) is 1.51. The number of nitrogens with zero attached hydrogens (tertiary/aromatic N) is 2. The number of hydrogen-bond acceptors (Lipinski definition) is 3. The van der Waals surface area contributed by atoms with Crippen LogP contribution in [0.3, 0.4) is 0 Å². The Morgan fingerprint density at radius 1 is 1.56 bits per heavy atom. The van der Waals surface area contributed by atoms with Gasteiger partial charge in [-0.2, -0.15) is 5.10 Å². The van der Waals surface area contributed by atoms with E-state index in [2.05, 4.69) is 21.0 Å². The fourth-order valence-corrected chi connectivity index (χ4v) is 2.01. The Labute approximate surface area is 105 Å². The zero-order chi connectivity index (χ0) is 12.5. The molecule has 0 radical (unpaired) electrons. The molecule has 1 unspecified atom stereocenters. The molecule has 0 aromatic carbocycles. The molecule has 0 spiro atoms. The maximum Gasteiger partial charge on any atom is 0.0776 e. The zero-order valence-electron chi connectivity index (χ0n) is 10.5. The predicted octanol–water partition coefficient (Wildman–Crippen LogP) is 1.79. The Hall–Kier alpha value is -0.390. The lowest BCUT2D eigenvalue weighted by molar-refractivity contribution is 0.000356. The lowest BCUT2D eigenvalue weighted by atomic mass is 9.95. The van der Waals surface area contributed by atoms with Gasteiger partial charge in [0, 0.05) is 26.6 Å². The highest BCUT2D eigenvalue weighted by Crippen LogP contribution is 2.24. The first kappa shape index (κ1) is 13.7. The van der Waals surface area contributed by atoms with Crippen LogP contribution in [0.4, 0.5) is 0 Å². The van der Waals surface area contributed by atoms with Gasteiger partial charge in [0.25, 0.3) is 0 Å². The molecule has 1 aromatic heterocycles. The van der Waals surface area contributed by atoms with Crippen LogP contribution in [0.1, 0.15) is 25.2 Å². The molecular weight excluding hydrogens is 270 g/mol. The van der Waals surface area contributed by atoms with E-state index in [0.717, 1.165) is 22.3 Å². The average molecular weight is 290 g/mol. The monoisotopic (exact) mass is 289 g/mol. The second-order valence-corrected chi connectivity index (χ2v) is 5.38. The van der Waals surface area contributed by atoms with E-state index < -0.39 is 0 Å². The Morgan fingerprint density at radius 2 is 2.12 bits per heavy atom. The average Bonchev–Trinajstić information content (AvgIpc) is 2.45. The van der Waals surface area contributed by atoms with Gasteiger partial charge in [-0.15, -0.1) is 0 Å². The van der Waals surface area contributed by atoms with E-state index in [-0.39, 0.29) is 11.6 Å². The zero-order valence-corrected chi connectivity index (χ0v) is 12.1. The Kier molecular flexibility index (Phi) is 4.15. The van der Waals surface area contributed by atoms with Crippen LogP contribution in [0.15, 0.2) is 4.47 Å². The number of methoxy groups -OCH3 is 1. The summed E-state index contributed by atoms with van der Waals surface area (Å²) in [5.74, 6) is 0. The minimum Gasteiger partial charge on any atom is -0.377 e. The molecule has 0 aliphatic heterocycles. The number of halogens is 1. The molecule has 92 valence electrons. The molecule has 0 aliphatic carbocycles. The summed E-state index contributed by atoms with van der Waals surface area (Å²) in [7, 11) is 3.61. The topological polar surface area (TPSA) is 53.1 Å². The Bertz CT molecular complexity index is 374. The summed E-state index contributed by atoms with van der Waals surface area (Å²) in [6.07, 6.45) is 0.735. The van der Waals surface area contributed by atoms with Crippen molar-refractivity contribution in [3.8, 4) is 0 Å². The van der Waals surface area contributed by atoms with Gasteiger partial charge in [0.05, 0.1) is 21.5 Å². The largest absolute Gasteiger partial charge is 0.377 e. The van der Waals surface area contributed by atoms with Gasteiger partial charge in [0.15, 0.2) is 0 Å². The van der Waals surface area contributed by atoms with E-state index >= 15 is 0 Å². The van der Waals surface area contributed by atoms with Crippen molar-refractivity contribution in [2.24, 2.45) is 12.8 Å². The van der Waals surface area contributed by atoms with E-state index in [9.17, 15) is 0 Å². The quantitative estimate of drug-likeness (QED) is 0.919. The van der Waals surface area contributed by atoms with Crippen molar-refractivity contribution < 1.29 is 4.74 Å². The number of rotatable bonds is 4. The predicted molar refractivity (Wildman–Crippen MR) is 68.4 cm³/mol. The number of nitrogens with two attached hydrogens (primary N) is 1. The van der Waals surface area contributed by atoms with Crippen molar-refractivity contribution in [1.29, 1.82) is 0 Å². The van der Waals surface area contributed by atoms with Crippen LogP contribution in [0.25, 0.3) is 0 Å². The van der Waals surface area contributed by atoms with E-state index in [1.807, 2.05) is 32.5 Å². The molecule has 1 heterocycles. The third-order valence-electron chi connectivity index (χ3n) is 3.09. The van der Waals surface area contributed by atoms with Crippen LogP contribution in [0.2, 0.25) is 0 Å². The first-order chi connectivity index (χ1) is 7.29. The van der Waals surface area contributed by atoms with E-state index in [1.54, 1.807) is 7.11 Å². The molecule has 2 N–H and O–H groups in total. The van der Waals surface area contributed by atoms with E-state index in [0.29, 0.717) is 0 Å². The fraction of sp³-hybridized carbons (Fsp3) is 0.727. The summed E-state index contributed by atoms with van der Waals surface area (Å²) >= 11 is 3.54. The molecule has 0 saturated carbocycles. The molecule has 16 heavy (non-hydrogen) atoms. The van der Waals surface area contributed by atoms with Crippen molar-refractivity contribution in [1.82, 2.24) is 9.78 Å². The van der Waals surface area contributed by atoms with Gasteiger partial charge in [0.2, 0.25) is 0 Å². The van der Waals surface area contributed by atoms with Gasteiger partial charge in [0.1, 0.15) is 0 Å². The van der Waals surface area contributed by atoms with Crippen LogP contribution in [0, 0.1) is 6.92 Å². The van der Waals surface area contributed by atoms with Gasteiger partial charge < -0.3 is 10.5 Å². The van der Waals surface area contributed by atoms with E-state index in [4.69, 9.17) is 10.5 Å². The standard InChI is InChI=1S/C11H20BrN3O/c1-7-10(12)8(15(4)14-7)6-9(13)11(2,3)16-5/h9H,6,13H2,1-5H3. The second-order valence-electron chi connectivity index (χ2n) is 4.59. The second kappa shape index (κ2) is 4.85. The van der Waals surface area contributed by atoms with Crippen LogP contribution >= 0.6 is 15.9 Å². The first-order valence-corrected chi connectivity index (χ1v) is 6.07. The summed E-state index contributed by atoms with van der Waals surface area (Å²) < 4.78 is 8.29. The van der Waals surface area contributed by atoms with Gasteiger partial charge in [-0.05, 0) is 36.7 Å². The maximum absolute atomic E-state index is 6.15. The maximum atomic E-state index is 6.15. The number of hydrogen-bond donors (Lipinski definition) is 1. The van der Waals surface area contributed by atoms with Crippen molar-refractivity contribution >= 4 is 15.9 Å². The smallest absolute Gasteiger partial charge is 0.0776 e. The van der Waals surface area contributed by atoms with Crippen LogP contribution in [0.5, 0.6) is 0 Å². The molecule has 5 heteroatoms. The van der Waals surface area contributed by atoms with Crippen molar-refractivity contribution in [3.05, 3.63) is 15.9 Å². The minimum absolute atomic E-state index is 0.0661. The van der Waals surface area contributed by atoms with Gasteiger partial charge >= 0.3 is 0 Å². The molecule has 0 amide bonds. The molecule has 1 rings (SSSR count). The van der Waals surface area contributed by atoms with Crippen molar-refractivity contribution in [2.75, 3.05) is 7.11 Å². The van der Waals surface area contributed by atoms with Crippen LogP contribution in [-0.2, 0) is 18.2 Å². The minimum atomic E-state index is -0.336. The SMILES string of the molecule is COC(C)(C)C(N)Cc1c(Br)c(C)nn1C. The summed E-state index contributed by atoms with van der Waals surface area (Å²) in [5.41, 5.74) is 7.91. The van der Waals surface area contributed by atoms with Crippen molar-refractivity contribution in [2.45, 2.75) is 38.8 Å². The highest BCUT2D eigenvalue weighted by Gasteiger charge is 2.28. The third-order valence-corrected chi connectivity index (χ3v) is 4.13. The Balaban J connectivity index is 2.89. The molecule has 0 bridgehead atoms. The Morgan fingerprint density at radius 3 is 2.50 bits per heavy atom. The molecule has 1 aromatic rings. The summed E-state index contributed by atoms with van der Waals surface area (Å²) in [6.45, 7) is 5.96. The van der Waals surface area contributed by atoms with Gasteiger partial charge in [-0.25, -0.2) is 0 Å². The molecular formula is C11H20BrN3O. The highest BCUT2D eigenvalue weighted by molar-refractivity contribution is 9.10. The lowest BCUT2D eigenvalue weighted by Crippen LogP contribution is -2.46. The van der Waals surface area contributed by atoms with Crippen LogP contribution < -0.4 is 5.73 Å². The molecule has 0 saturated heterocycles. The third kappa shape index (κ3) is 2.64. The molecule has 0 fully saturated rings. The summed E-state index contributed by atoms with van der Waals surface area (Å²) in [6, 6.07) is -0.0661. The summed E-state index contributed by atoms with van der Waals surface area (Å²) in [5, 5.41) is 4.34. The van der Waals surface area contributed by atoms with Crippen molar-refractivity contribution in [3.63, 3.8) is 0 Å². The number of aromatic nitrogens is 2. The van der Waals surface area contributed by atoms with E-state index in [1.165, 1.54) is 0 Å². The molecule has 4 nitrogen and oxygen atoms in total. The normalized spacial score (nSPS) is 14.2. The molecule has 0 aliphatic rings. The number of ether oxygens (including phenoxy) is 1. The number of aryl methyl sites for hydroxylation is 2. The highest BCUT2D eigenvalue weighted by atomic mass is 79.9. The van der Waals surface area contributed by atoms with Gasteiger partial charge in [-0.3, -0.25) is 4.68 Å². The summed E-state index contributed by atoms with van der Waals surface area (Å²) in [4.78, 5) is 0. The lowest BCUT2D eigenvalue weighted by Gasteiger charge is -2.30. The van der Waals surface area contributed by atoms with Crippen LogP contribution in [-0.4, -0.2) is 28.5 Å².